The van der Waals surface area contributed by atoms with Gasteiger partial charge < -0.3 is 15.5 Å². The van der Waals surface area contributed by atoms with Crippen LogP contribution in [0.25, 0.3) is 0 Å². The summed E-state index contributed by atoms with van der Waals surface area (Å²) in [5.74, 6) is 0.718. The number of ketones is 1. The van der Waals surface area contributed by atoms with Gasteiger partial charge in [-0.1, -0.05) is 38.5 Å². The van der Waals surface area contributed by atoms with E-state index < -0.39 is 0 Å². The lowest BCUT2D eigenvalue weighted by molar-refractivity contribution is -0.131. The van der Waals surface area contributed by atoms with E-state index in [4.69, 9.17) is 0 Å². The molecule has 2 amide bonds. The van der Waals surface area contributed by atoms with Gasteiger partial charge in [0.25, 0.3) is 0 Å². The zero-order chi connectivity index (χ0) is 22.6. The largest absolute Gasteiger partial charge is 0.356 e. The summed E-state index contributed by atoms with van der Waals surface area (Å²) < 4.78 is 0. The second-order valence-electron chi connectivity index (χ2n) is 9.00. The van der Waals surface area contributed by atoms with E-state index in [0.717, 1.165) is 110 Å². The lowest BCUT2D eigenvalue weighted by Crippen LogP contribution is -2.34. The molecule has 0 aliphatic carbocycles. The zero-order valence-corrected chi connectivity index (χ0v) is 20.0. The number of carbonyl (C=O) groups is 3. The molecule has 6 heteroatoms. The fourth-order valence-corrected chi connectivity index (χ4v) is 4.09. The van der Waals surface area contributed by atoms with Crippen LogP contribution in [0.4, 0.5) is 0 Å². The molecule has 0 saturated carbocycles. The minimum Gasteiger partial charge on any atom is -0.356 e. The standard InChI is InChI=1S/C25H47N3O3/c1-23(29)27-20-12-13-21-28-22-14-19-26-18-11-7-6-9-16-24(30)15-8-4-2-3-5-10-17-25(28)31/h26H,2-22H2,1H3,(H,27,29). The molecule has 0 aromatic heterocycles. The van der Waals surface area contributed by atoms with Crippen molar-refractivity contribution in [1.82, 2.24) is 15.5 Å². The van der Waals surface area contributed by atoms with Crippen molar-refractivity contribution in [2.45, 2.75) is 110 Å². The van der Waals surface area contributed by atoms with Crippen LogP contribution >= 0.6 is 0 Å². The fourth-order valence-electron chi connectivity index (χ4n) is 4.09. The number of Topliss-reactive ketones (excluding diaryl/α,β-unsaturated/α-hetero) is 1. The molecule has 0 aromatic carbocycles. The van der Waals surface area contributed by atoms with E-state index >= 15 is 0 Å². The summed E-state index contributed by atoms with van der Waals surface area (Å²) in [5.41, 5.74) is 0. The highest BCUT2D eigenvalue weighted by Gasteiger charge is 2.12. The van der Waals surface area contributed by atoms with Crippen molar-refractivity contribution in [2.75, 3.05) is 32.7 Å². The maximum atomic E-state index is 12.7. The molecule has 0 unspecified atom stereocenters. The van der Waals surface area contributed by atoms with Crippen LogP contribution in [0, 0.1) is 0 Å². The Balaban J connectivity index is 2.39. The first-order valence-corrected chi connectivity index (χ1v) is 12.8. The van der Waals surface area contributed by atoms with Gasteiger partial charge in [0, 0.05) is 45.8 Å². The number of rotatable bonds is 5. The molecule has 0 radical (unpaired) electrons. The van der Waals surface area contributed by atoms with Gasteiger partial charge in [-0.15, -0.1) is 0 Å². The Kier molecular flexibility index (Phi) is 17.2. The molecule has 1 saturated heterocycles. The Morgan fingerprint density at radius 1 is 0.806 bits per heavy atom. The average Bonchev–Trinajstić information content (AvgIpc) is 2.74. The van der Waals surface area contributed by atoms with Gasteiger partial charge >= 0.3 is 0 Å². The van der Waals surface area contributed by atoms with Crippen molar-refractivity contribution in [3.63, 3.8) is 0 Å². The van der Waals surface area contributed by atoms with Gasteiger partial charge in [-0.2, -0.15) is 0 Å². The van der Waals surface area contributed by atoms with Crippen LogP contribution in [0.1, 0.15) is 110 Å². The highest BCUT2D eigenvalue weighted by molar-refractivity contribution is 5.78. The molecule has 1 aliphatic heterocycles. The van der Waals surface area contributed by atoms with Gasteiger partial charge in [-0.3, -0.25) is 14.4 Å². The number of nitrogens with one attached hydrogen (secondary N) is 2. The van der Waals surface area contributed by atoms with Gasteiger partial charge in [0.05, 0.1) is 0 Å². The van der Waals surface area contributed by atoms with Crippen molar-refractivity contribution in [3.8, 4) is 0 Å². The Morgan fingerprint density at radius 3 is 2.06 bits per heavy atom. The SMILES string of the molecule is CC(=O)NCCCCN1CCCNCCCCCCC(=O)CCCCCCCCC1=O. The molecule has 0 spiro atoms. The lowest BCUT2D eigenvalue weighted by atomic mass is 10.0. The number of hydrogen-bond acceptors (Lipinski definition) is 4. The molecule has 1 fully saturated rings. The van der Waals surface area contributed by atoms with Gasteiger partial charge in [0.2, 0.25) is 11.8 Å². The molecule has 31 heavy (non-hydrogen) atoms. The van der Waals surface area contributed by atoms with Crippen LogP contribution in [-0.2, 0) is 14.4 Å². The monoisotopic (exact) mass is 437 g/mol. The molecule has 180 valence electrons. The van der Waals surface area contributed by atoms with Crippen LogP contribution in [0.15, 0.2) is 0 Å². The van der Waals surface area contributed by atoms with Gasteiger partial charge in [0.15, 0.2) is 0 Å². The van der Waals surface area contributed by atoms with Crippen LogP contribution in [0.3, 0.4) is 0 Å². The topological polar surface area (TPSA) is 78.5 Å². The smallest absolute Gasteiger partial charge is 0.222 e. The van der Waals surface area contributed by atoms with Crippen molar-refractivity contribution in [2.24, 2.45) is 0 Å². The maximum absolute atomic E-state index is 12.7. The third-order valence-corrected chi connectivity index (χ3v) is 6.02. The van der Waals surface area contributed by atoms with E-state index in [1.54, 1.807) is 0 Å². The minimum absolute atomic E-state index is 0.00668. The van der Waals surface area contributed by atoms with Crippen LogP contribution in [-0.4, -0.2) is 55.2 Å². The van der Waals surface area contributed by atoms with Crippen molar-refractivity contribution >= 4 is 17.6 Å². The van der Waals surface area contributed by atoms with E-state index in [2.05, 4.69) is 10.6 Å². The van der Waals surface area contributed by atoms with Gasteiger partial charge in [-0.25, -0.2) is 0 Å². The summed E-state index contributed by atoms with van der Waals surface area (Å²) in [6, 6.07) is 0. The first kappa shape index (κ1) is 27.6. The molecule has 2 N–H and O–H groups in total. The molecular formula is C25H47N3O3. The van der Waals surface area contributed by atoms with E-state index in [9.17, 15) is 14.4 Å². The third-order valence-electron chi connectivity index (χ3n) is 6.02. The van der Waals surface area contributed by atoms with Gasteiger partial charge in [-0.05, 0) is 58.0 Å². The molecule has 1 rings (SSSR count). The van der Waals surface area contributed by atoms with Crippen molar-refractivity contribution < 1.29 is 14.4 Å². The van der Waals surface area contributed by atoms with Gasteiger partial charge in [0.1, 0.15) is 5.78 Å². The summed E-state index contributed by atoms with van der Waals surface area (Å²) in [7, 11) is 0. The van der Waals surface area contributed by atoms with E-state index in [1.807, 2.05) is 4.90 Å². The summed E-state index contributed by atoms with van der Waals surface area (Å²) in [6.45, 7) is 5.77. The molecule has 1 heterocycles. The molecule has 0 aromatic rings. The minimum atomic E-state index is 0.00668. The number of nitrogens with zero attached hydrogens (tertiary/aromatic N) is 1. The predicted molar refractivity (Wildman–Crippen MR) is 127 cm³/mol. The first-order chi connectivity index (χ1) is 15.1. The normalized spacial score (nSPS) is 20.1. The number of amides is 2. The predicted octanol–water partition coefficient (Wildman–Crippen LogP) is 4.37. The lowest BCUT2D eigenvalue weighted by Gasteiger charge is -2.23. The number of carbonyl (C=O) groups excluding carboxylic acids is 3. The second-order valence-corrected chi connectivity index (χ2v) is 9.00. The highest BCUT2D eigenvalue weighted by atomic mass is 16.2. The molecular weight excluding hydrogens is 390 g/mol. The molecule has 0 atom stereocenters. The van der Waals surface area contributed by atoms with E-state index in [1.165, 1.54) is 19.8 Å². The first-order valence-electron chi connectivity index (χ1n) is 12.8. The number of hydrogen-bond donors (Lipinski definition) is 2. The number of unbranched alkanes of at least 4 members (excludes halogenated alkanes) is 1. The average molecular weight is 438 g/mol. The zero-order valence-electron chi connectivity index (χ0n) is 20.0. The molecule has 0 bridgehead atoms. The van der Waals surface area contributed by atoms with Crippen molar-refractivity contribution in [1.29, 1.82) is 0 Å². The van der Waals surface area contributed by atoms with Crippen LogP contribution in [0.5, 0.6) is 0 Å². The summed E-state index contributed by atoms with van der Waals surface area (Å²) in [6.07, 6.45) is 16.0. The Labute approximate surface area is 190 Å². The summed E-state index contributed by atoms with van der Waals surface area (Å²) >= 11 is 0. The third kappa shape index (κ3) is 16.9. The molecule has 6 nitrogen and oxygen atoms in total. The maximum Gasteiger partial charge on any atom is 0.222 e. The Morgan fingerprint density at radius 2 is 1.39 bits per heavy atom. The Hall–Kier alpha value is -1.43. The van der Waals surface area contributed by atoms with E-state index in [0.29, 0.717) is 18.7 Å². The van der Waals surface area contributed by atoms with Crippen LogP contribution < -0.4 is 10.6 Å². The fraction of sp³-hybridized carbons (Fsp3) is 0.880. The summed E-state index contributed by atoms with van der Waals surface area (Å²) in [5, 5.41) is 6.32. The Bertz CT molecular complexity index is 496. The quantitative estimate of drug-likeness (QED) is 0.626. The summed E-state index contributed by atoms with van der Waals surface area (Å²) in [4.78, 5) is 37.7. The van der Waals surface area contributed by atoms with E-state index in [-0.39, 0.29) is 11.8 Å². The van der Waals surface area contributed by atoms with Crippen LogP contribution in [0.2, 0.25) is 0 Å². The van der Waals surface area contributed by atoms with Crippen molar-refractivity contribution in [3.05, 3.63) is 0 Å². The highest BCUT2D eigenvalue weighted by Crippen LogP contribution is 2.12. The molecule has 1 aliphatic rings. The second kappa shape index (κ2) is 19.3.